The third-order valence-corrected chi connectivity index (χ3v) is 15.7. The van der Waals surface area contributed by atoms with E-state index in [1.54, 1.807) is 0 Å². The molecule has 1 aliphatic carbocycles. The van der Waals surface area contributed by atoms with Crippen LogP contribution in [0.4, 0.5) is 22.7 Å². The summed E-state index contributed by atoms with van der Waals surface area (Å²) in [5.74, 6) is 2.43. The number of rotatable bonds is 4. The van der Waals surface area contributed by atoms with Gasteiger partial charge in [0.05, 0.1) is 33.5 Å². The van der Waals surface area contributed by atoms with Crippen LogP contribution in [-0.2, 0) is 27.1 Å². The van der Waals surface area contributed by atoms with Crippen LogP contribution in [0.2, 0.25) is 0 Å². The van der Waals surface area contributed by atoms with Crippen LogP contribution in [0.15, 0.2) is 140 Å². The van der Waals surface area contributed by atoms with Crippen LogP contribution < -0.4 is 14.5 Å². The summed E-state index contributed by atoms with van der Waals surface area (Å²) < 4.78 is 9.40. The van der Waals surface area contributed by atoms with E-state index >= 15 is 0 Å². The van der Waals surface area contributed by atoms with Crippen molar-refractivity contribution in [1.29, 1.82) is 0 Å². The number of hydrogen-bond donors (Lipinski definition) is 0. The molecule has 5 heterocycles. The third-order valence-electron chi connectivity index (χ3n) is 15.7. The molecule has 0 fully saturated rings. The van der Waals surface area contributed by atoms with E-state index in [1.165, 1.54) is 72.4 Å². The highest BCUT2D eigenvalue weighted by molar-refractivity contribution is 6.09. The molecule has 0 bridgehead atoms. The van der Waals surface area contributed by atoms with Crippen LogP contribution in [0, 0.1) is 13.8 Å². The van der Waals surface area contributed by atoms with Gasteiger partial charge in [-0.25, -0.2) is 4.98 Å². The predicted octanol–water partition coefficient (Wildman–Crippen LogP) is 17.1. The van der Waals surface area contributed by atoms with Gasteiger partial charge in [-0.1, -0.05) is 150 Å². The van der Waals surface area contributed by atoms with Crippen molar-refractivity contribution in [2.45, 2.75) is 124 Å². The van der Waals surface area contributed by atoms with Gasteiger partial charge >= 0.3 is 0 Å². The zero-order valence-corrected chi connectivity index (χ0v) is 44.6. The molecule has 1 spiro atoms. The van der Waals surface area contributed by atoms with Crippen molar-refractivity contribution in [3.05, 3.63) is 196 Å². The first kappa shape index (κ1) is 45.9. The van der Waals surface area contributed by atoms with Gasteiger partial charge in [0.2, 0.25) is 0 Å². The number of para-hydroxylation sites is 2. The molecule has 0 saturated carbocycles. The SMILES string of the molecule is Cc1cc(N2CN3c4cc(Oc5ccc6c7ccccc7n(-c7ccccn7)c6c5)ccc4C4(c5cccc2c53)c2c(cc(C(C)(C)C)cc2C(C)(C)C)-c2cc(C(C)(C)C)cc(C(C)(C)C)c24)cc(C)n1. The Balaban J connectivity index is 1.17. The van der Waals surface area contributed by atoms with E-state index in [0.717, 1.165) is 56.5 Å². The lowest BCUT2D eigenvalue weighted by Crippen LogP contribution is -2.40. The van der Waals surface area contributed by atoms with Crippen LogP contribution >= 0.6 is 0 Å². The molecule has 3 aromatic heterocycles. The molecule has 2 aliphatic heterocycles. The van der Waals surface area contributed by atoms with Gasteiger partial charge in [-0.3, -0.25) is 9.55 Å². The summed E-state index contributed by atoms with van der Waals surface area (Å²) >= 11 is 0. The molecule has 72 heavy (non-hydrogen) atoms. The summed E-state index contributed by atoms with van der Waals surface area (Å²) in [6.07, 6.45) is 1.86. The van der Waals surface area contributed by atoms with Crippen molar-refractivity contribution in [3.63, 3.8) is 0 Å². The number of hydrogen-bond acceptors (Lipinski definition) is 5. The maximum atomic E-state index is 7.15. The second-order valence-corrected chi connectivity index (χ2v) is 24.9. The Morgan fingerprint density at radius 2 is 1.10 bits per heavy atom. The number of fused-ring (bicyclic) bond motifs is 12. The second-order valence-electron chi connectivity index (χ2n) is 24.9. The molecule has 12 rings (SSSR count). The predicted molar refractivity (Wildman–Crippen MR) is 300 cm³/mol. The minimum absolute atomic E-state index is 0.0722. The van der Waals surface area contributed by atoms with Crippen LogP contribution in [-0.4, -0.2) is 21.2 Å². The number of nitrogens with zero attached hydrogens (tertiary/aromatic N) is 5. The molecule has 0 unspecified atom stereocenters. The average Bonchev–Trinajstić information content (AvgIpc) is 3.96. The Morgan fingerprint density at radius 1 is 0.500 bits per heavy atom. The van der Waals surface area contributed by atoms with Crippen molar-refractivity contribution in [1.82, 2.24) is 14.5 Å². The van der Waals surface area contributed by atoms with Gasteiger partial charge in [0.25, 0.3) is 0 Å². The minimum atomic E-state index is -0.680. The van der Waals surface area contributed by atoms with E-state index < -0.39 is 5.41 Å². The molecule has 6 nitrogen and oxygen atoms in total. The third kappa shape index (κ3) is 6.81. The zero-order chi connectivity index (χ0) is 50.6. The molecule has 6 aromatic carbocycles. The number of anilines is 4. The Bertz CT molecular complexity index is 3620. The number of benzene rings is 6. The summed E-state index contributed by atoms with van der Waals surface area (Å²) in [4.78, 5) is 14.7. The minimum Gasteiger partial charge on any atom is -0.457 e. The number of ether oxygens (including phenoxy) is 1. The summed E-state index contributed by atoms with van der Waals surface area (Å²) in [6.45, 7) is 33.5. The first-order valence-electron chi connectivity index (χ1n) is 25.8. The normalized spacial score (nSPS) is 14.8. The molecule has 3 aliphatic rings. The van der Waals surface area contributed by atoms with Crippen molar-refractivity contribution in [2.75, 3.05) is 16.5 Å². The standard InChI is InChI=1S/C66H67N5O/c1-39-30-43(31-40(2)68-39)69-38-70-57-37-45(72-44-25-27-47-46-20-15-16-22-54(46)71(56(47)36-44)58-24-17-18-29-67-58)26-28-50(57)66(51-21-19-23-55(69)61(51)70)59-48(32-41(62(3,4)5)34-52(59)64(9,10)11)49-33-42(63(6,7)8)35-53(60(49)66)65(12,13)14/h15-37H,38H2,1-14H3. The first-order valence-corrected chi connectivity index (χ1v) is 25.8. The van der Waals surface area contributed by atoms with Crippen LogP contribution in [0.3, 0.4) is 0 Å². The van der Waals surface area contributed by atoms with Crippen molar-refractivity contribution in [3.8, 4) is 28.4 Å². The number of pyridine rings is 2. The fourth-order valence-electron chi connectivity index (χ4n) is 12.4. The molecule has 0 radical (unpaired) electrons. The highest BCUT2D eigenvalue weighted by atomic mass is 16.5. The molecular weight excluding hydrogens is 879 g/mol. The Labute approximate surface area is 426 Å². The molecule has 0 saturated heterocycles. The smallest absolute Gasteiger partial charge is 0.137 e. The van der Waals surface area contributed by atoms with Gasteiger partial charge in [-0.15, -0.1) is 0 Å². The second kappa shape index (κ2) is 15.4. The summed E-state index contributed by atoms with van der Waals surface area (Å²) in [7, 11) is 0. The first-order chi connectivity index (χ1) is 34.0. The van der Waals surface area contributed by atoms with Gasteiger partial charge in [0, 0.05) is 46.2 Å². The van der Waals surface area contributed by atoms with Crippen LogP contribution in [0.1, 0.15) is 139 Å². The highest BCUT2D eigenvalue weighted by Gasteiger charge is 2.57. The maximum absolute atomic E-state index is 7.15. The molecule has 0 N–H and O–H groups in total. The molecule has 6 heteroatoms. The van der Waals surface area contributed by atoms with Gasteiger partial charge in [-0.05, 0) is 146 Å². The molecule has 362 valence electrons. The lowest BCUT2D eigenvalue weighted by Gasteiger charge is -2.46. The molecule has 9 aromatic rings. The Hall–Kier alpha value is -7.18. The Morgan fingerprint density at radius 3 is 1.71 bits per heavy atom. The highest BCUT2D eigenvalue weighted by Crippen LogP contribution is 2.68. The average molecular weight is 946 g/mol. The molecule has 0 amide bonds. The van der Waals surface area contributed by atoms with Gasteiger partial charge < -0.3 is 14.5 Å². The van der Waals surface area contributed by atoms with E-state index in [9.17, 15) is 0 Å². The maximum Gasteiger partial charge on any atom is 0.137 e. The quantitative estimate of drug-likeness (QED) is 0.176. The van der Waals surface area contributed by atoms with E-state index in [0.29, 0.717) is 6.67 Å². The van der Waals surface area contributed by atoms with Crippen LogP contribution in [0.5, 0.6) is 11.5 Å². The Kier molecular flexibility index (Phi) is 9.83. The van der Waals surface area contributed by atoms with Crippen LogP contribution in [0.25, 0.3) is 38.8 Å². The lowest BCUT2D eigenvalue weighted by atomic mass is 9.59. The molecular formula is C66H67N5O. The van der Waals surface area contributed by atoms with Gasteiger partial charge in [0.15, 0.2) is 0 Å². The van der Waals surface area contributed by atoms with Crippen molar-refractivity contribution < 1.29 is 4.74 Å². The lowest BCUT2D eigenvalue weighted by molar-refractivity contribution is 0.482. The van der Waals surface area contributed by atoms with Gasteiger partial charge in [0.1, 0.15) is 24.0 Å². The number of aryl methyl sites for hydroxylation is 2. The van der Waals surface area contributed by atoms with Crippen molar-refractivity contribution in [2.24, 2.45) is 0 Å². The van der Waals surface area contributed by atoms with Gasteiger partial charge in [-0.2, -0.15) is 0 Å². The summed E-state index contributed by atoms with van der Waals surface area (Å²) in [5, 5.41) is 2.34. The van der Waals surface area contributed by atoms with E-state index in [1.807, 2.05) is 18.3 Å². The monoisotopic (exact) mass is 946 g/mol. The number of aromatic nitrogens is 3. The topological polar surface area (TPSA) is 46.4 Å². The largest absolute Gasteiger partial charge is 0.457 e. The fourth-order valence-corrected chi connectivity index (χ4v) is 12.4. The van der Waals surface area contributed by atoms with E-state index in [4.69, 9.17) is 14.7 Å². The summed E-state index contributed by atoms with van der Waals surface area (Å²) in [5.41, 5.74) is 21.3. The van der Waals surface area contributed by atoms with E-state index in [-0.39, 0.29) is 21.7 Å². The summed E-state index contributed by atoms with van der Waals surface area (Å²) in [6, 6.07) is 50.0. The zero-order valence-electron chi connectivity index (χ0n) is 44.6. The molecule has 0 atom stereocenters. The van der Waals surface area contributed by atoms with Crippen molar-refractivity contribution >= 4 is 44.6 Å². The fraction of sp³-hybridized carbons (Fsp3) is 0.303. The van der Waals surface area contributed by atoms with E-state index in [2.05, 4.69) is 233 Å².